The molecule has 0 radical (unpaired) electrons. The maximum absolute atomic E-state index is 5.55. The smallest absolute Gasteiger partial charge is 0.0481 e. The highest BCUT2D eigenvalue weighted by molar-refractivity contribution is 7.31. The fourth-order valence-electron chi connectivity index (χ4n) is 11.2. The van der Waals surface area contributed by atoms with E-state index in [9.17, 15) is 0 Å². The molecule has 0 atom stereocenters. The molecule has 7 heterocycles. The predicted octanol–water partition coefficient (Wildman–Crippen LogP) is 21.6. The number of unbranched alkanes of at least 4 members (excludes halogenated alkanes) is 14. The average Bonchev–Trinajstić information content (AvgIpc) is 2.99. The first-order chi connectivity index (χ1) is 41.4. The summed E-state index contributed by atoms with van der Waals surface area (Å²) in [7, 11) is 12.8. The molecule has 0 saturated heterocycles. The summed E-state index contributed by atoms with van der Waals surface area (Å²) < 4.78 is 38.3. The molecule has 7 aromatic rings. The van der Waals surface area contributed by atoms with E-state index in [1.807, 2.05) is 95.1 Å². The standard InChI is InChI=1S/C70H100O7S7/c1-71-37-22-8-15-29-52-45-59(79-51-52)66-54(31-17-10-24-39-73-3)47-61(81-66)68-56(33-19-12-26-41-75-5)49-63(83-68)70-58(35-21-14-28-43-77-7)50-64(84-70)69-57(34-20-13-27-42-76-6)48-62(82-69)67-55(32-18-11-25-40-74-4)46-60(80-67)65-53(36-44-78-65)30-16-9-23-38-72-2/h36,44-51H,8-35,37-43H2,1-7H3. The quantitative estimate of drug-likeness (QED) is 0.0352. The summed E-state index contributed by atoms with van der Waals surface area (Å²) in [5, 5.41) is 4.74. The molecule has 0 unspecified atom stereocenters. The van der Waals surface area contributed by atoms with Gasteiger partial charge in [-0.2, -0.15) is 0 Å². The Morgan fingerprint density at radius 1 is 0.250 bits per heavy atom. The minimum atomic E-state index is 0.817. The first kappa shape index (κ1) is 69.1. The Morgan fingerprint density at radius 2 is 0.512 bits per heavy atom. The highest BCUT2D eigenvalue weighted by Crippen LogP contribution is 2.53. The molecule has 0 aliphatic heterocycles. The lowest BCUT2D eigenvalue weighted by Crippen LogP contribution is -1.91. The number of methoxy groups -OCH3 is 7. The second-order valence-electron chi connectivity index (χ2n) is 22.5. The number of thiophene rings is 7. The maximum atomic E-state index is 5.55. The summed E-state index contributed by atoms with van der Waals surface area (Å²) in [6.45, 7) is 5.80. The third-order valence-electron chi connectivity index (χ3n) is 15.9. The van der Waals surface area contributed by atoms with E-state index in [0.29, 0.717) is 0 Å². The molecule has 7 nitrogen and oxygen atoms in total. The van der Waals surface area contributed by atoms with E-state index >= 15 is 0 Å². The van der Waals surface area contributed by atoms with Crippen LogP contribution in [0.15, 0.2) is 53.2 Å². The molecule has 7 aromatic heterocycles. The van der Waals surface area contributed by atoms with Crippen molar-refractivity contribution in [1.29, 1.82) is 0 Å². The third-order valence-corrected chi connectivity index (χ3v) is 24.8. The van der Waals surface area contributed by atoms with Crippen LogP contribution in [0.5, 0.6) is 0 Å². The number of hydrogen-bond acceptors (Lipinski definition) is 14. The van der Waals surface area contributed by atoms with Crippen LogP contribution in [0.25, 0.3) is 58.5 Å². The molecule has 464 valence electrons. The minimum absolute atomic E-state index is 0.817. The van der Waals surface area contributed by atoms with Gasteiger partial charge in [0.15, 0.2) is 0 Å². The van der Waals surface area contributed by atoms with Crippen molar-refractivity contribution < 1.29 is 33.2 Å². The van der Waals surface area contributed by atoms with E-state index in [0.717, 1.165) is 162 Å². The zero-order valence-electron chi connectivity index (χ0n) is 52.2. The van der Waals surface area contributed by atoms with Gasteiger partial charge in [-0.25, -0.2) is 0 Å². The Labute approximate surface area is 534 Å². The van der Waals surface area contributed by atoms with E-state index < -0.39 is 0 Å². The summed E-state index contributed by atoms with van der Waals surface area (Å²) in [5.41, 5.74) is 10.5. The van der Waals surface area contributed by atoms with Gasteiger partial charge in [-0.05, 0) is 227 Å². The van der Waals surface area contributed by atoms with Crippen LogP contribution >= 0.6 is 79.4 Å². The van der Waals surface area contributed by atoms with Crippen LogP contribution in [-0.4, -0.2) is 96.0 Å². The lowest BCUT2D eigenvalue weighted by molar-refractivity contribution is 0.192. The summed E-state index contributed by atoms with van der Waals surface area (Å²) in [4.78, 5) is 17.4. The molecule has 0 N–H and O–H groups in total. The molecule has 0 bridgehead atoms. The predicted molar refractivity (Wildman–Crippen MR) is 370 cm³/mol. The van der Waals surface area contributed by atoms with E-state index in [2.05, 4.69) is 87.2 Å². The van der Waals surface area contributed by atoms with Crippen molar-refractivity contribution >= 4 is 79.4 Å². The van der Waals surface area contributed by atoms with Crippen LogP contribution < -0.4 is 0 Å². The second kappa shape index (κ2) is 40.3. The number of rotatable bonds is 48. The molecular formula is C70H100O7S7. The van der Waals surface area contributed by atoms with Crippen molar-refractivity contribution in [3.8, 4) is 58.5 Å². The molecule has 0 aromatic carbocycles. The maximum Gasteiger partial charge on any atom is 0.0481 e. The van der Waals surface area contributed by atoms with Crippen molar-refractivity contribution in [2.24, 2.45) is 0 Å². The van der Waals surface area contributed by atoms with Gasteiger partial charge in [0.25, 0.3) is 0 Å². The summed E-state index contributed by atoms with van der Waals surface area (Å²) in [6.07, 6.45) is 31.9. The number of ether oxygens (including phenoxy) is 7. The van der Waals surface area contributed by atoms with Crippen LogP contribution in [-0.2, 0) is 78.1 Å². The second-order valence-corrected chi connectivity index (χ2v) is 29.6. The molecule has 14 heteroatoms. The Kier molecular flexibility index (Phi) is 33.1. The van der Waals surface area contributed by atoms with E-state index in [-0.39, 0.29) is 0 Å². The van der Waals surface area contributed by atoms with Gasteiger partial charge in [-0.1, -0.05) is 44.9 Å². The topological polar surface area (TPSA) is 64.6 Å². The highest BCUT2D eigenvalue weighted by atomic mass is 32.1. The molecule has 0 amide bonds. The zero-order valence-corrected chi connectivity index (χ0v) is 57.9. The minimum Gasteiger partial charge on any atom is -0.385 e. The van der Waals surface area contributed by atoms with Gasteiger partial charge in [0.2, 0.25) is 0 Å². The van der Waals surface area contributed by atoms with Crippen LogP contribution in [0, 0.1) is 0 Å². The van der Waals surface area contributed by atoms with Crippen LogP contribution in [0.4, 0.5) is 0 Å². The monoisotopic (exact) mass is 1280 g/mol. The van der Waals surface area contributed by atoms with Crippen molar-refractivity contribution in [2.45, 2.75) is 180 Å². The fourth-order valence-corrected chi connectivity index (χ4v) is 20.0. The summed E-state index contributed by atoms with van der Waals surface area (Å²) in [6, 6.07) is 17.9. The van der Waals surface area contributed by atoms with Gasteiger partial charge < -0.3 is 33.2 Å². The molecule has 0 saturated carbocycles. The molecule has 0 fully saturated rings. The van der Waals surface area contributed by atoms with Crippen molar-refractivity contribution in [2.75, 3.05) is 96.0 Å². The zero-order chi connectivity index (χ0) is 59.0. The fraction of sp³-hybridized carbons (Fsp3) is 0.600. The van der Waals surface area contributed by atoms with E-state index in [4.69, 9.17) is 33.2 Å². The summed E-state index contributed by atoms with van der Waals surface area (Å²) >= 11 is 14.2. The molecule has 0 aliphatic carbocycles. The molecule has 0 aliphatic rings. The lowest BCUT2D eigenvalue weighted by atomic mass is 10.0. The normalized spacial score (nSPS) is 11.8. The van der Waals surface area contributed by atoms with E-state index in [1.54, 1.807) is 0 Å². The molecule has 7 rings (SSSR count). The third kappa shape index (κ3) is 22.0. The average molecular weight is 1280 g/mol. The van der Waals surface area contributed by atoms with Gasteiger partial charge in [-0.3, -0.25) is 0 Å². The van der Waals surface area contributed by atoms with Crippen LogP contribution in [0.1, 0.15) is 174 Å². The van der Waals surface area contributed by atoms with Gasteiger partial charge in [0, 0.05) is 155 Å². The molecular weight excluding hydrogens is 1180 g/mol. The molecule has 0 spiro atoms. The van der Waals surface area contributed by atoms with Crippen LogP contribution in [0.3, 0.4) is 0 Å². The van der Waals surface area contributed by atoms with Gasteiger partial charge in [-0.15, -0.1) is 79.4 Å². The van der Waals surface area contributed by atoms with Crippen molar-refractivity contribution in [3.05, 3.63) is 92.2 Å². The van der Waals surface area contributed by atoms with Crippen molar-refractivity contribution in [1.82, 2.24) is 0 Å². The summed E-state index contributed by atoms with van der Waals surface area (Å²) in [5.74, 6) is 0. The van der Waals surface area contributed by atoms with Gasteiger partial charge in [0.05, 0.1) is 0 Å². The van der Waals surface area contributed by atoms with Gasteiger partial charge in [0.1, 0.15) is 0 Å². The Hall–Kier alpha value is -2.38. The van der Waals surface area contributed by atoms with Crippen LogP contribution in [0.2, 0.25) is 0 Å². The largest absolute Gasteiger partial charge is 0.385 e. The Bertz CT molecular complexity index is 2850. The van der Waals surface area contributed by atoms with Crippen molar-refractivity contribution in [3.63, 3.8) is 0 Å². The first-order valence-corrected chi connectivity index (χ1v) is 37.5. The van der Waals surface area contributed by atoms with Gasteiger partial charge >= 0.3 is 0 Å². The number of hydrogen-bond donors (Lipinski definition) is 0. The lowest BCUT2D eigenvalue weighted by Gasteiger charge is -2.03. The number of aryl methyl sites for hydroxylation is 7. The molecule has 84 heavy (non-hydrogen) atoms. The SMILES string of the molecule is COCCCCCc1csc(-c2sc(-c3sc(-c4sc(-c5sc(-c6sc(-c7sccc7CCCCCOC)cc6CCCCCOC)cc5CCCCCOC)cc4CCCCCOC)cc3CCCCCOC)cc2CCCCCOC)c1. The van der Waals surface area contributed by atoms with E-state index in [1.165, 1.54) is 162 Å². The Balaban J connectivity index is 1.30. The Morgan fingerprint density at radius 3 is 0.810 bits per heavy atom. The highest BCUT2D eigenvalue weighted by Gasteiger charge is 2.25. The first-order valence-electron chi connectivity index (χ1n) is 31.6.